The monoisotopic (exact) mass is 458 g/mol. The Morgan fingerprint density at radius 1 is 0.848 bits per heavy atom. The van der Waals surface area contributed by atoms with Crippen LogP contribution in [0.5, 0.6) is 11.5 Å². The maximum atomic E-state index is 13.6. The van der Waals surface area contributed by atoms with Gasteiger partial charge in [-0.25, -0.2) is 9.37 Å². The number of anilines is 1. The van der Waals surface area contributed by atoms with E-state index in [9.17, 15) is 9.18 Å². The summed E-state index contributed by atoms with van der Waals surface area (Å²) in [5.41, 5.74) is 6.29. The number of fused-ring (bicyclic) bond motifs is 4. The van der Waals surface area contributed by atoms with Gasteiger partial charge < -0.3 is 14.8 Å². The molecule has 33 heavy (non-hydrogen) atoms. The van der Waals surface area contributed by atoms with Crippen LogP contribution in [0.1, 0.15) is 5.56 Å². The molecule has 162 valence electrons. The minimum Gasteiger partial charge on any atom is -0.488 e. The zero-order valence-corrected chi connectivity index (χ0v) is 17.9. The lowest BCUT2D eigenvalue weighted by Gasteiger charge is -2.24. The van der Waals surface area contributed by atoms with Gasteiger partial charge >= 0.3 is 0 Å². The molecule has 0 fully saturated rings. The number of carbonyl (C=O) groups excluding carboxylic acids is 1. The molecule has 0 radical (unpaired) electrons. The van der Waals surface area contributed by atoms with Gasteiger partial charge in [-0.2, -0.15) is 0 Å². The first-order valence-electron chi connectivity index (χ1n) is 10.3. The first-order valence-corrected chi connectivity index (χ1v) is 10.7. The first-order chi connectivity index (χ1) is 16.0. The number of hydrogen-bond acceptors (Lipinski definition) is 4. The third-order valence-electron chi connectivity index (χ3n) is 5.76. The molecule has 5 nitrogen and oxygen atoms in total. The number of carbonyl (C=O) groups is 1. The average Bonchev–Trinajstić information content (AvgIpc) is 2.83. The summed E-state index contributed by atoms with van der Waals surface area (Å²) in [6, 6.07) is 19.3. The number of pyridine rings is 1. The number of halogens is 2. The number of nitrogens with zero attached hydrogens (tertiary/aromatic N) is 1. The Kier molecular flexibility index (Phi) is 4.55. The van der Waals surface area contributed by atoms with Crippen LogP contribution in [0, 0.1) is 5.82 Å². The number of benzene rings is 3. The quantitative estimate of drug-likeness (QED) is 0.394. The maximum Gasteiger partial charge on any atom is 0.262 e. The van der Waals surface area contributed by atoms with E-state index in [4.69, 9.17) is 26.1 Å². The number of nitrogens with one attached hydrogen (secondary N) is 1. The van der Waals surface area contributed by atoms with Crippen LogP contribution in [0.3, 0.4) is 0 Å². The van der Waals surface area contributed by atoms with Gasteiger partial charge in [0.15, 0.2) is 6.61 Å². The maximum absolute atomic E-state index is 13.6. The van der Waals surface area contributed by atoms with Crippen molar-refractivity contribution in [3.8, 4) is 45.1 Å². The standard InChI is InChI=1S/C26H16ClFN2O3/c27-16-4-8-23-19(10-16)26-20(12-32-23)18(14-1-5-17(28)6-2-14)11-21(30-26)15-3-7-24-22(9-15)29-25(31)13-33-24/h1-11H,12-13H2,(H,29,31). The van der Waals surface area contributed by atoms with E-state index >= 15 is 0 Å². The lowest BCUT2D eigenvalue weighted by molar-refractivity contribution is -0.118. The SMILES string of the molecule is O=C1COc2ccc(-c3cc(-c4ccc(F)cc4)c4c(n3)-c3cc(Cl)ccc3OC4)cc2N1. The highest BCUT2D eigenvalue weighted by Gasteiger charge is 2.25. The Labute approximate surface area is 193 Å². The van der Waals surface area contributed by atoms with E-state index in [-0.39, 0.29) is 18.3 Å². The molecule has 0 atom stereocenters. The van der Waals surface area contributed by atoms with Crippen molar-refractivity contribution < 1.29 is 18.7 Å². The summed E-state index contributed by atoms with van der Waals surface area (Å²) >= 11 is 6.29. The van der Waals surface area contributed by atoms with Crippen LogP contribution in [0.25, 0.3) is 33.6 Å². The number of hydrogen-bond donors (Lipinski definition) is 1. The van der Waals surface area contributed by atoms with Gasteiger partial charge in [0.05, 0.1) is 17.1 Å². The third kappa shape index (κ3) is 3.49. The lowest BCUT2D eigenvalue weighted by Crippen LogP contribution is -2.25. The molecule has 2 aliphatic rings. The molecule has 1 amide bonds. The van der Waals surface area contributed by atoms with Crippen LogP contribution in [-0.2, 0) is 11.4 Å². The summed E-state index contributed by atoms with van der Waals surface area (Å²) in [6.45, 7) is 0.327. The van der Waals surface area contributed by atoms with Gasteiger partial charge in [0, 0.05) is 21.7 Å². The molecule has 0 saturated heterocycles. The van der Waals surface area contributed by atoms with Crippen LogP contribution in [0.15, 0.2) is 66.7 Å². The highest BCUT2D eigenvalue weighted by atomic mass is 35.5. The second-order valence-electron chi connectivity index (χ2n) is 7.87. The van der Waals surface area contributed by atoms with Crippen LogP contribution < -0.4 is 14.8 Å². The van der Waals surface area contributed by atoms with Crippen molar-refractivity contribution in [2.24, 2.45) is 0 Å². The summed E-state index contributed by atoms with van der Waals surface area (Å²) in [4.78, 5) is 16.8. The van der Waals surface area contributed by atoms with E-state index in [2.05, 4.69) is 5.32 Å². The molecule has 2 aliphatic heterocycles. The highest BCUT2D eigenvalue weighted by molar-refractivity contribution is 6.31. The molecular formula is C26H16ClFN2O3. The van der Waals surface area contributed by atoms with E-state index in [0.29, 0.717) is 34.5 Å². The van der Waals surface area contributed by atoms with Gasteiger partial charge in [-0.3, -0.25) is 4.79 Å². The Hall–Kier alpha value is -3.90. The molecule has 1 aromatic heterocycles. The normalized spacial score (nSPS) is 13.7. The molecule has 7 heteroatoms. The topological polar surface area (TPSA) is 60.5 Å². The fourth-order valence-corrected chi connectivity index (χ4v) is 4.35. The van der Waals surface area contributed by atoms with E-state index in [1.165, 1.54) is 12.1 Å². The highest BCUT2D eigenvalue weighted by Crippen LogP contribution is 2.43. The fourth-order valence-electron chi connectivity index (χ4n) is 4.18. The van der Waals surface area contributed by atoms with Crippen molar-refractivity contribution >= 4 is 23.2 Å². The summed E-state index contributed by atoms with van der Waals surface area (Å²) in [6.07, 6.45) is 0. The van der Waals surface area contributed by atoms with Crippen molar-refractivity contribution in [2.45, 2.75) is 6.61 Å². The molecule has 3 aromatic carbocycles. The molecule has 6 rings (SSSR count). The lowest BCUT2D eigenvalue weighted by atomic mass is 9.92. The first kappa shape index (κ1) is 19.8. The average molecular weight is 459 g/mol. The van der Waals surface area contributed by atoms with Crippen molar-refractivity contribution in [2.75, 3.05) is 11.9 Å². The van der Waals surface area contributed by atoms with Gasteiger partial charge in [-0.15, -0.1) is 0 Å². The summed E-state index contributed by atoms with van der Waals surface area (Å²) in [7, 11) is 0. The van der Waals surface area contributed by atoms with Crippen LogP contribution in [-0.4, -0.2) is 17.5 Å². The van der Waals surface area contributed by atoms with E-state index in [1.807, 2.05) is 36.4 Å². The summed E-state index contributed by atoms with van der Waals surface area (Å²) in [5, 5.41) is 3.42. The second kappa shape index (κ2) is 7.60. The van der Waals surface area contributed by atoms with Crippen molar-refractivity contribution in [3.63, 3.8) is 0 Å². The summed E-state index contributed by atoms with van der Waals surface area (Å²) < 4.78 is 25.1. The van der Waals surface area contributed by atoms with Gasteiger partial charge in [-0.05, 0) is 65.7 Å². The molecule has 0 saturated carbocycles. The zero-order chi connectivity index (χ0) is 22.5. The van der Waals surface area contributed by atoms with Crippen molar-refractivity contribution in [1.29, 1.82) is 0 Å². The van der Waals surface area contributed by atoms with E-state index in [1.54, 1.807) is 18.2 Å². The van der Waals surface area contributed by atoms with Gasteiger partial charge in [0.2, 0.25) is 0 Å². The van der Waals surface area contributed by atoms with Gasteiger partial charge in [0.25, 0.3) is 5.91 Å². The van der Waals surface area contributed by atoms with Crippen molar-refractivity contribution in [1.82, 2.24) is 4.98 Å². The Morgan fingerprint density at radius 3 is 2.45 bits per heavy atom. The van der Waals surface area contributed by atoms with Gasteiger partial charge in [-0.1, -0.05) is 23.7 Å². The van der Waals surface area contributed by atoms with E-state index in [0.717, 1.165) is 33.5 Å². The Balaban J connectivity index is 1.58. The predicted octanol–water partition coefficient (Wildman–Crippen LogP) is 6.10. The van der Waals surface area contributed by atoms with Gasteiger partial charge in [0.1, 0.15) is 23.9 Å². The van der Waals surface area contributed by atoms with E-state index < -0.39 is 0 Å². The number of aromatic nitrogens is 1. The molecule has 1 N–H and O–H groups in total. The van der Waals surface area contributed by atoms with Crippen LogP contribution in [0.4, 0.5) is 10.1 Å². The molecule has 0 unspecified atom stereocenters. The fraction of sp³-hybridized carbons (Fsp3) is 0.0769. The van der Waals surface area contributed by atoms with Crippen LogP contribution >= 0.6 is 11.6 Å². The molecule has 0 aliphatic carbocycles. The molecule has 0 bridgehead atoms. The molecule has 0 spiro atoms. The second-order valence-corrected chi connectivity index (χ2v) is 8.30. The molecule has 3 heterocycles. The number of ether oxygens (including phenoxy) is 2. The largest absolute Gasteiger partial charge is 0.488 e. The minimum atomic E-state index is -0.305. The number of rotatable bonds is 2. The third-order valence-corrected chi connectivity index (χ3v) is 5.99. The Morgan fingerprint density at radius 2 is 1.61 bits per heavy atom. The molecular weight excluding hydrogens is 443 g/mol. The molecule has 4 aromatic rings. The predicted molar refractivity (Wildman–Crippen MR) is 124 cm³/mol. The minimum absolute atomic E-state index is 0.00427. The smallest absolute Gasteiger partial charge is 0.262 e. The zero-order valence-electron chi connectivity index (χ0n) is 17.2. The Bertz CT molecular complexity index is 1440. The summed E-state index contributed by atoms with van der Waals surface area (Å²) in [5.74, 6) is 0.805. The van der Waals surface area contributed by atoms with Crippen LogP contribution in [0.2, 0.25) is 5.02 Å². The number of amides is 1. The van der Waals surface area contributed by atoms with Crippen molar-refractivity contribution in [3.05, 3.63) is 83.1 Å².